The second-order valence-electron chi connectivity index (χ2n) is 9.30. The number of aromatic nitrogens is 3. The highest BCUT2D eigenvalue weighted by atomic mass is 16.2. The molecule has 2 fully saturated rings. The van der Waals surface area contributed by atoms with Crippen molar-refractivity contribution in [3.63, 3.8) is 0 Å². The van der Waals surface area contributed by atoms with Crippen LogP contribution in [0.3, 0.4) is 0 Å². The number of imidazole rings is 1. The molecule has 6 nitrogen and oxygen atoms in total. The quantitative estimate of drug-likeness (QED) is 0.517. The van der Waals surface area contributed by atoms with Gasteiger partial charge in [0.2, 0.25) is 0 Å². The number of likely N-dealkylation sites (tertiary alicyclic amines) is 1. The lowest BCUT2D eigenvalue weighted by atomic mass is 9.87. The number of rotatable bonds is 3. The minimum atomic E-state index is -0.188. The smallest absolute Gasteiger partial charge is 0.327 e. The van der Waals surface area contributed by atoms with Crippen molar-refractivity contribution in [3.05, 3.63) is 88.5 Å². The van der Waals surface area contributed by atoms with E-state index in [1.165, 1.54) is 18.4 Å². The third-order valence-corrected chi connectivity index (χ3v) is 7.53. The Morgan fingerprint density at radius 3 is 2.73 bits per heavy atom. The Labute approximate surface area is 191 Å². The Morgan fingerprint density at radius 2 is 1.88 bits per heavy atom. The van der Waals surface area contributed by atoms with E-state index < -0.39 is 0 Å². The van der Waals surface area contributed by atoms with E-state index in [2.05, 4.69) is 45.2 Å². The fourth-order valence-electron chi connectivity index (χ4n) is 5.85. The van der Waals surface area contributed by atoms with E-state index in [0.717, 1.165) is 29.6 Å². The fraction of sp³-hybridized carbons (Fsp3) is 0.296. The molecule has 2 aromatic carbocycles. The topological polar surface area (TPSA) is 71.0 Å². The van der Waals surface area contributed by atoms with Crippen molar-refractivity contribution in [1.82, 2.24) is 19.4 Å². The van der Waals surface area contributed by atoms with Gasteiger partial charge in [-0.15, -0.1) is 0 Å². The van der Waals surface area contributed by atoms with Gasteiger partial charge < -0.3 is 4.90 Å². The second kappa shape index (κ2) is 7.73. The molecule has 6 heteroatoms. The number of benzene rings is 2. The molecule has 1 amide bonds. The predicted molar refractivity (Wildman–Crippen MR) is 128 cm³/mol. The third-order valence-electron chi connectivity index (χ3n) is 7.53. The minimum absolute atomic E-state index is 0.107. The maximum atomic E-state index is 13.7. The van der Waals surface area contributed by atoms with Gasteiger partial charge in [-0.25, -0.2) is 9.78 Å². The number of hydrogen-bond donors (Lipinski definition) is 1. The van der Waals surface area contributed by atoms with Crippen molar-refractivity contribution in [1.29, 1.82) is 0 Å². The van der Waals surface area contributed by atoms with Crippen LogP contribution in [0.25, 0.3) is 22.3 Å². The molecule has 3 unspecified atom stereocenters. The van der Waals surface area contributed by atoms with Gasteiger partial charge in [-0.3, -0.25) is 14.3 Å². The summed E-state index contributed by atoms with van der Waals surface area (Å²) in [6, 6.07) is 20.7. The van der Waals surface area contributed by atoms with E-state index in [9.17, 15) is 9.59 Å². The summed E-state index contributed by atoms with van der Waals surface area (Å²) in [5.74, 6) is 1.06. The van der Waals surface area contributed by atoms with Crippen molar-refractivity contribution in [3.8, 4) is 11.1 Å². The maximum absolute atomic E-state index is 13.7. The molecular weight excluding hydrogens is 412 g/mol. The lowest BCUT2D eigenvalue weighted by Gasteiger charge is -2.24. The molecule has 2 aromatic heterocycles. The highest BCUT2D eigenvalue weighted by Crippen LogP contribution is 2.46. The number of amides is 1. The minimum Gasteiger partial charge on any atom is -0.335 e. The lowest BCUT2D eigenvalue weighted by Crippen LogP contribution is -2.36. The Kier molecular flexibility index (Phi) is 4.68. The molecule has 1 aliphatic carbocycles. The van der Waals surface area contributed by atoms with Crippen LogP contribution in [-0.2, 0) is 7.05 Å². The van der Waals surface area contributed by atoms with E-state index in [1.807, 2.05) is 30.3 Å². The molecule has 1 saturated carbocycles. The molecule has 166 valence electrons. The Balaban J connectivity index is 1.32. The van der Waals surface area contributed by atoms with Gasteiger partial charge >= 0.3 is 5.69 Å². The van der Waals surface area contributed by atoms with Crippen LogP contribution in [0.4, 0.5) is 0 Å². The van der Waals surface area contributed by atoms with Crippen LogP contribution in [0.2, 0.25) is 0 Å². The molecule has 6 rings (SSSR count). The second-order valence-corrected chi connectivity index (χ2v) is 9.30. The SMILES string of the molecule is Cn1c(=O)[nH]c2ncc(-c3cccc(C(=O)N4CC(c5ccccc5)C5CCCC54)c3)cc21. The summed E-state index contributed by atoms with van der Waals surface area (Å²) in [6.07, 6.45) is 5.20. The summed E-state index contributed by atoms with van der Waals surface area (Å²) in [4.78, 5) is 34.9. The largest absolute Gasteiger partial charge is 0.335 e. The maximum Gasteiger partial charge on any atom is 0.327 e. The molecule has 4 aromatic rings. The number of carbonyl (C=O) groups is 1. The van der Waals surface area contributed by atoms with Crippen LogP contribution in [0.15, 0.2) is 71.7 Å². The van der Waals surface area contributed by atoms with Gasteiger partial charge in [0.25, 0.3) is 5.91 Å². The van der Waals surface area contributed by atoms with E-state index in [0.29, 0.717) is 29.1 Å². The number of nitrogens with one attached hydrogen (secondary N) is 1. The Bertz CT molecular complexity index is 1400. The van der Waals surface area contributed by atoms with Crippen LogP contribution in [0, 0.1) is 5.92 Å². The molecule has 0 spiro atoms. The lowest BCUT2D eigenvalue weighted by molar-refractivity contribution is 0.0728. The number of pyridine rings is 1. The van der Waals surface area contributed by atoms with Crippen molar-refractivity contribution in [2.75, 3.05) is 6.54 Å². The average Bonchev–Trinajstić information content (AvgIpc) is 3.54. The molecule has 2 aliphatic rings. The average molecular weight is 439 g/mol. The third kappa shape index (κ3) is 3.28. The van der Waals surface area contributed by atoms with Crippen LogP contribution < -0.4 is 5.69 Å². The Hall–Kier alpha value is -3.67. The standard InChI is InChI=1S/C27H26N4O2/c1-30-24-14-20(15-28-25(24)29-27(30)33)18-9-5-10-19(13-18)26(32)31-16-22(17-7-3-2-4-8-17)21-11-6-12-23(21)31/h2-5,7-10,13-15,21-23H,6,11-12,16H2,1H3,(H,28,29,33). The summed E-state index contributed by atoms with van der Waals surface area (Å²) in [7, 11) is 1.72. The highest BCUT2D eigenvalue weighted by molar-refractivity contribution is 5.96. The van der Waals surface area contributed by atoms with Crippen LogP contribution in [0.1, 0.15) is 41.1 Å². The molecule has 3 atom stereocenters. The van der Waals surface area contributed by atoms with Gasteiger partial charge in [-0.2, -0.15) is 0 Å². The molecule has 33 heavy (non-hydrogen) atoms. The van der Waals surface area contributed by atoms with Crippen molar-refractivity contribution >= 4 is 17.1 Å². The molecule has 1 aliphatic heterocycles. The van der Waals surface area contributed by atoms with Crippen LogP contribution in [-0.4, -0.2) is 37.9 Å². The summed E-state index contributed by atoms with van der Waals surface area (Å²) in [5.41, 5.74) is 4.97. The van der Waals surface area contributed by atoms with E-state index >= 15 is 0 Å². The van der Waals surface area contributed by atoms with Gasteiger partial charge in [-0.05, 0) is 48.1 Å². The number of fused-ring (bicyclic) bond motifs is 2. The first-order chi connectivity index (χ1) is 16.1. The number of hydrogen-bond acceptors (Lipinski definition) is 3. The zero-order valence-electron chi connectivity index (χ0n) is 18.6. The van der Waals surface area contributed by atoms with E-state index in [4.69, 9.17) is 0 Å². The van der Waals surface area contributed by atoms with Gasteiger partial charge in [0.15, 0.2) is 5.65 Å². The van der Waals surface area contributed by atoms with E-state index in [-0.39, 0.29) is 11.6 Å². The monoisotopic (exact) mass is 438 g/mol. The van der Waals surface area contributed by atoms with Crippen molar-refractivity contribution in [2.24, 2.45) is 13.0 Å². The van der Waals surface area contributed by atoms with Gasteiger partial charge in [0.05, 0.1) is 5.52 Å². The number of H-pyrrole nitrogens is 1. The zero-order chi connectivity index (χ0) is 22.5. The Morgan fingerprint density at radius 1 is 1.03 bits per heavy atom. The number of nitrogens with zero attached hydrogens (tertiary/aromatic N) is 3. The number of aryl methyl sites for hydroxylation is 1. The first-order valence-electron chi connectivity index (χ1n) is 11.6. The van der Waals surface area contributed by atoms with Crippen molar-refractivity contribution < 1.29 is 4.79 Å². The molecule has 0 radical (unpaired) electrons. The molecule has 1 saturated heterocycles. The van der Waals surface area contributed by atoms with Gasteiger partial charge in [-0.1, -0.05) is 48.9 Å². The number of carbonyl (C=O) groups excluding carboxylic acids is 1. The molecule has 3 heterocycles. The predicted octanol–water partition coefficient (Wildman–Crippen LogP) is 4.34. The zero-order valence-corrected chi connectivity index (χ0v) is 18.6. The first-order valence-corrected chi connectivity index (χ1v) is 11.6. The molecule has 1 N–H and O–H groups in total. The fourth-order valence-corrected chi connectivity index (χ4v) is 5.85. The van der Waals surface area contributed by atoms with E-state index in [1.54, 1.807) is 17.8 Å². The summed E-state index contributed by atoms with van der Waals surface area (Å²) < 4.78 is 1.55. The van der Waals surface area contributed by atoms with Crippen molar-refractivity contribution in [2.45, 2.75) is 31.2 Å². The summed E-state index contributed by atoms with van der Waals surface area (Å²) in [5, 5.41) is 0. The molecular formula is C27H26N4O2. The van der Waals surface area contributed by atoms with Gasteiger partial charge in [0.1, 0.15) is 0 Å². The van der Waals surface area contributed by atoms with Gasteiger partial charge in [0, 0.05) is 42.9 Å². The number of aromatic amines is 1. The first kappa shape index (κ1) is 20.0. The molecule has 0 bridgehead atoms. The summed E-state index contributed by atoms with van der Waals surface area (Å²) in [6.45, 7) is 0.779. The van der Waals surface area contributed by atoms with Crippen LogP contribution in [0.5, 0.6) is 0 Å². The normalized spacial score (nSPS) is 22.1. The van der Waals surface area contributed by atoms with Crippen LogP contribution >= 0.6 is 0 Å². The summed E-state index contributed by atoms with van der Waals surface area (Å²) >= 11 is 0. The highest BCUT2D eigenvalue weighted by Gasteiger charge is 2.46.